The van der Waals surface area contributed by atoms with E-state index in [-0.39, 0.29) is 252 Å². The Bertz CT molecular complexity index is 6060. The molecule has 35 nitrogen and oxygen atoms in total. The molecule has 4 aliphatic carbocycles. The Balaban J connectivity index is 0.000000204. The fraction of sp³-hybridized carbons (Fsp3) is 0.455. The maximum absolute atomic E-state index is 14.1. The smallest absolute Gasteiger partial charge is 1.00 e. The van der Waals surface area contributed by atoms with Crippen molar-refractivity contribution in [1.82, 2.24) is 43.9 Å². The standard InChI is InChI=1S/C22H20ClF2N3O4.C21H18ClF2N3O4.C15H16N2O5.C12H22N2O2.C10H10O6.C7H6ClF2N.CH2O3.2BrH.Mg.Na/c1-32-20-18-22(31)28-12-4-2-10(6-12)15(28)9-27(18)8-13(19(20)29)21(30)26-7-11-3-5-14(24)16(23)17(11)25;22-15-13(23)4-2-10(16(15)24)6-25-20(30)12-7-26-8-14-9-1-3-11(5-9)27(14)21(31)17(26)19(29)18(12)28;1-22-13-11-14(19)17-8-3-2-7(4-8)10(17)6-16(11)5-9(12(13)18)15(20)21;1-12(2,3)16-11(15)14-9-5-4-8(6-9)10(14)7-13;1-5(11)8-9(14-2)7(12)6(4-16-8)10(13)15-3;8-6-5(9)2-1-4(3-11)7(6)10;2-1-4-3;;;;/h3,5,8,10,12,15H,2,4,6-7,9H2,1H3,(H,26,30);2,4,7,9,11,14,29H,1,3,5-6,8H2,(H,25,30);5,7-8,10H,2-4,6H2,1H3,(H,20,21);8-10H,4-7,13H2,1-3H3;4H,1-3H3;1-2H,3,11H2;1,3H;2*1H;;/q;;;;;;;;;+2;+1/p-3/t10-,12+,15+;9-,11+,14+;7-,8+,10-;8-,9+,10-;;;;;;;/m1111......./s1. The van der Waals surface area contributed by atoms with Crippen molar-refractivity contribution in [2.75, 3.05) is 35.0 Å². The Kier molecular flexibility index (Phi) is 38.5. The van der Waals surface area contributed by atoms with E-state index in [1.807, 2.05) is 35.5 Å². The predicted molar refractivity (Wildman–Crippen MR) is 459 cm³/mol. The van der Waals surface area contributed by atoms with Gasteiger partial charge in [-0.15, -0.1) is 0 Å². The third kappa shape index (κ3) is 22.5. The molecule has 0 radical (unpaired) electrons. The maximum Gasteiger partial charge on any atom is 2.00 e. The van der Waals surface area contributed by atoms with Gasteiger partial charge in [0, 0.05) is 112 Å². The van der Waals surface area contributed by atoms with Gasteiger partial charge in [0.25, 0.3) is 36.0 Å². The topological polar surface area (TPSA) is 475 Å². The summed E-state index contributed by atoms with van der Waals surface area (Å²) < 4.78 is 115. The van der Waals surface area contributed by atoms with Crippen LogP contribution in [0, 0.1) is 58.6 Å². The summed E-state index contributed by atoms with van der Waals surface area (Å²) in [5.41, 5.74) is 6.43. The van der Waals surface area contributed by atoms with Crippen LogP contribution in [-0.2, 0) is 58.4 Å². The first kappa shape index (κ1) is 112. The fourth-order valence-corrected chi connectivity index (χ4v) is 20.1. The van der Waals surface area contributed by atoms with E-state index in [1.165, 1.54) is 70.0 Å². The average molecular weight is 2120 g/mol. The number of carbonyl (C=O) groups excluding carboxylic acids is 9. The average Bonchev–Trinajstić information content (AvgIpc) is 1.56. The van der Waals surface area contributed by atoms with E-state index >= 15 is 0 Å². The van der Waals surface area contributed by atoms with Crippen LogP contribution in [0.25, 0.3) is 0 Å². The number of esters is 1. The van der Waals surface area contributed by atoms with Gasteiger partial charge in [0.2, 0.25) is 33.2 Å². The molecule has 0 spiro atoms. The monoisotopic (exact) mass is 2110 g/mol. The van der Waals surface area contributed by atoms with E-state index in [2.05, 4.69) is 20.3 Å². The molecule has 4 saturated heterocycles. The molecule has 11 aliphatic rings. The molecule has 7 aliphatic heterocycles. The van der Waals surface area contributed by atoms with E-state index in [9.17, 15) is 98.9 Å². The number of carboxylic acids is 1. The second kappa shape index (κ2) is 46.9. The number of nitrogens with one attached hydrogen (secondary N) is 2. The molecule has 8 bridgehead atoms. The number of benzene rings is 3. The van der Waals surface area contributed by atoms with Crippen molar-refractivity contribution < 1.29 is 186 Å². The SMILES string of the molecule is CC(C)(C)OC(=O)N1[C@H]2CC[C@H](C2)[C@H]1CN.COC(=O)c1coc(C(C)=O)c(OC)c1=O.COc1c2n(cc(C(=O)NCc3ccc(F)c(Cl)c3F)c1=O)C[C@H]1[C@@H]3CC[C@@H](C3)N1C2=O.COc1c2n(cc(C(=O)O)c1=O)C[C@@H]1[C@@H]3CC[C@@H](C3)N1C2=O.NCc1ccc(F)c(Cl)c1F.O=C(NCc1ccc(F)c(Cl)c1F)c1cn2c(c(O)c1=O)C(=O)N1[C@H]3CC[C@H](C3)[C@@H]1C2.O=CO[O-].[Br-].[Br-].[Mg+2].[Na+]. The zero-order chi connectivity index (χ0) is 96.4. The van der Waals surface area contributed by atoms with Crippen LogP contribution in [-0.4, -0.2) is 215 Å². The molecule has 8 N–H and O–H groups in total. The van der Waals surface area contributed by atoms with Gasteiger partial charge in [0.05, 0.1) is 52.6 Å². The maximum atomic E-state index is 14.1. The number of piperidine rings is 4. The summed E-state index contributed by atoms with van der Waals surface area (Å²) in [6, 6.07) is 7.89. The molecular weight excluding hydrogens is 2020 g/mol. The summed E-state index contributed by atoms with van der Waals surface area (Å²) in [5.74, 6) is -10.2. The van der Waals surface area contributed by atoms with Crippen molar-refractivity contribution in [3.05, 3.63) is 214 Å². The van der Waals surface area contributed by atoms with E-state index < -0.39 is 118 Å². The number of ether oxygens (including phenoxy) is 5. The Morgan fingerprint density at radius 2 is 0.904 bits per heavy atom. The molecule has 724 valence electrons. The third-order valence-electron chi connectivity index (χ3n) is 25.5. The number of hydrogen-bond donors (Lipinski definition) is 6. The molecular formula is C88H93Br2Cl3F6MgN11NaO24. The van der Waals surface area contributed by atoms with Gasteiger partial charge in [-0.2, -0.15) is 0 Å². The van der Waals surface area contributed by atoms with Crippen LogP contribution < -0.4 is 127 Å². The molecule has 48 heteroatoms. The number of likely N-dealkylation sites (tertiary alicyclic amines) is 1. The largest absolute Gasteiger partial charge is 2.00 e. The van der Waals surface area contributed by atoms with Gasteiger partial charge < -0.3 is 138 Å². The second-order valence-corrected chi connectivity index (χ2v) is 35.1. The minimum atomic E-state index is -1.30. The molecule has 8 fully saturated rings. The predicted octanol–water partition coefficient (Wildman–Crippen LogP) is -0.777. The summed E-state index contributed by atoms with van der Waals surface area (Å²) in [7, 11) is 4.91. The molecule has 18 rings (SSSR count). The van der Waals surface area contributed by atoms with Crippen LogP contribution in [0.1, 0.15) is 205 Å². The van der Waals surface area contributed by atoms with E-state index in [0.29, 0.717) is 55.9 Å². The van der Waals surface area contributed by atoms with E-state index in [1.54, 1.807) is 14.0 Å². The van der Waals surface area contributed by atoms with Crippen molar-refractivity contribution in [3.8, 4) is 23.0 Å². The van der Waals surface area contributed by atoms with Crippen molar-refractivity contribution in [2.45, 2.75) is 198 Å². The Labute approximate surface area is 846 Å². The van der Waals surface area contributed by atoms with Gasteiger partial charge in [-0.25, -0.2) is 40.7 Å². The Morgan fingerprint density at radius 1 is 0.544 bits per heavy atom. The molecule has 0 unspecified atom stereocenters. The molecule has 136 heavy (non-hydrogen) atoms. The third-order valence-corrected chi connectivity index (χ3v) is 26.5. The van der Waals surface area contributed by atoms with Crippen molar-refractivity contribution >= 4 is 118 Å². The van der Waals surface area contributed by atoms with E-state index in [4.69, 9.17) is 79.7 Å². The zero-order valence-electron chi connectivity index (χ0n) is 74.7. The van der Waals surface area contributed by atoms with Crippen LogP contribution in [0.15, 0.2) is 84.8 Å². The molecule has 7 aromatic rings. The normalized spacial score (nSPS) is 21.5. The molecule has 3 aromatic carbocycles. The first-order chi connectivity index (χ1) is 62.6. The van der Waals surface area contributed by atoms with Crippen LogP contribution in [0.4, 0.5) is 31.1 Å². The second-order valence-electron chi connectivity index (χ2n) is 33.9. The summed E-state index contributed by atoms with van der Waals surface area (Å²) in [6.07, 6.45) is 17.0. The number of aromatic hydroxyl groups is 1. The number of Topliss-reactive ketones (excluding diaryl/α,β-unsaturated/α-hetero) is 1. The van der Waals surface area contributed by atoms with Crippen molar-refractivity contribution in [2.24, 2.45) is 35.1 Å². The number of halogens is 11. The number of carboxylic acid groups (broad SMARTS) is 1. The number of pyridine rings is 3. The number of nitrogens with two attached hydrogens (primary N) is 2. The number of ketones is 1. The Morgan fingerprint density at radius 3 is 1.29 bits per heavy atom. The quantitative estimate of drug-likeness (QED) is 0.0107. The molecule has 4 aromatic heterocycles. The van der Waals surface area contributed by atoms with Crippen LogP contribution in [0.5, 0.6) is 23.0 Å². The number of aromatic carboxylic acids is 1. The van der Waals surface area contributed by atoms with Gasteiger partial charge in [0.1, 0.15) is 84.1 Å². The van der Waals surface area contributed by atoms with E-state index in [0.717, 1.165) is 108 Å². The first-order valence-electron chi connectivity index (χ1n) is 41.8. The number of nitrogens with zero attached hydrogens (tertiary/aromatic N) is 7. The number of hydrogen-bond acceptors (Lipinski definition) is 25. The van der Waals surface area contributed by atoms with Gasteiger partial charge in [-0.3, -0.25) is 52.7 Å². The molecule has 12 atom stereocenters. The van der Waals surface area contributed by atoms with Gasteiger partial charge in [-0.05, 0) is 140 Å². The fourth-order valence-electron chi connectivity index (χ4n) is 19.6. The Hall–Kier alpha value is -9.58. The number of aromatic nitrogens is 3. The molecule has 11 heterocycles. The van der Waals surface area contributed by atoms with Crippen LogP contribution >= 0.6 is 34.8 Å². The van der Waals surface area contributed by atoms with Gasteiger partial charge in [0.15, 0.2) is 40.1 Å². The number of amides is 6. The first-order valence-corrected chi connectivity index (χ1v) is 42.9. The zero-order valence-corrected chi connectivity index (χ0v) is 83.6. The number of methoxy groups -OCH3 is 4. The number of carbonyl (C=O) groups is 10. The summed E-state index contributed by atoms with van der Waals surface area (Å²) >= 11 is 16.4. The molecule has 4 saturated carbocycles. The number of fused-ring (bicyclic) bond motifs is 20. The minimum Gasteiger partial charge on any atom is -1.00 e. The van der Waals surface area contributed by atoms with Crippen LogP contribution in [0.2, 0.25) is 15.1 Å². The van der Waals surface area contributed by atoms with Gasteiger partial charge in [-0.1, -0.05) is 53.0 Å². The summed E-state index contributed by atoms with van der Waals surface area (Å²) in [4.78, 5) is 178. The van der Waals surface area contributed by atoms with Crippen molar-refractivity contribution in [1.29, 1.82) is 0 Å². The number of rotatable bonds is 15. The summed E-state index contributed by atoms with van der Waals surface area (Å²) in [6.45, 7) is 8.06. The van der Waals surface area contributed by atoms with Gasteiger partial charge >= 0.3 is 70.6 Å². The molecule has 6 amide bonds. The van der Waals surface area contributed by atoms with Crippen LogP contribution in [0.3, 0.4) is 0 Å². The summed E-state index contributed by atoms with van der Waals surface area (Å²) in [5, 5.41) is 31.1. The minimum absolute atomic E-state index is 0. The van der Waals surface area contributed by atoms with Crippen molar-refractivity contribution in [3.63, 3.8) is 0 Å².